The van der Waals surface area contributed by atoms with Crippen molar-refractivity contribution in [1.82, 2.24) is 9.97 Å². The number of hydrogen-bond donors (Lipinski definition) is 1. The van der Waals surface area contributed by atoms with Crippen LogP contribution in [-0.4, -0.2) is 16.5 Å². The molecule has 0 fully saturated rings. The Bertz CT molecular complexity index is 598. The van der Waals surface area contributed by atoms with Crippen molar-refractivity contribution >= 4 is 28.9 Å². The zero-order chi connectivity index (χ0) is 14.8. The molecule has 0 aliphatic rings. The summed E-state index contributed by atoms with van der Waals surface area (Å²) in [5.41, 5.74) is -0.756. The van der Waals surface area contributed by atoms with Gasteiger partial charge >= 0.3 is 6.18 Å². The molecule has 2 rings (SSSR count). The summed E-state index contributed by atoms with van der Waals surface area (Å²) >= 11 is 6.97. The third kappa shape index (κ3) is 3.61. The zero-order valence-electron chi connectivity index (χ0n) is 10.5. The molecule has 0 aromatic carbocycles. The molecule has 0 radical (unpaired) electrons. The summed E-state index contributed by atoms with van der Waals surface area (Å²) in [4.78, 5) is 8.17. The van der Waals surface area contributed by atoms with Crippen molar-refractivity contribution in [2.45, 2.75) is 19.5 Å². The van der Waals surface area contributed by atoms with Crippen LogP contribution in [0.25, 0.3) is 10.6 Å². The molecule has 0 atom stereocenters. The van der Waals surface area contributed by atoms with Gasteiger partial charge in [0, 0.05) is 6.54 Å². The van der Waals surface area contributed by atoms with Crippen LogP contribution in [-0.2, 0) is 6.18 Å². The molecule has 0 amide bonds. The van der Waals surface area contributed by atoms with Gasteiger partial charge in [-0.15, -0.1) is 11.3 Å². The summed E-state index contributed by atoms with van der Waals surface area (Å²) in [7, 11) is 0. The average Bonchev–Trinajstić information content (AvgIpc) is 2.82. The van der Waals surface area contributed by atoms with Gasteiger partial charge in [0.25, 0.3) is 0 Å². The van der Waals surface area contributed by atoms with Crippen molar-refractivity contribution in [2.24, 2.45) is 0 Å². The summed E-state index contributed by atoms with van der Waals surface area (Å²) in [5, 5.41) is 2.77. The molecule has 108 valence electrons. The lowest BCUT2D eigenvalue weighted by Gasteiger charge is -2.10. The van der Waals surface area contributed by atoms with E-state index in [2.05, 4.69) is 15.3 Å². The molecule has 3 nitrogen and oxygen atoms in total. The summed E-state index contributed by atoms with van der Waals surface area (Å²) in [6.07, 6.45) is -3.75. The quantitative estimate of drug-likeness (QED) is 0.887. The lowest BCUT2D eigenvalue weighted by molar-refractivity contribution is -0.141. The second kappa shape index (κ2) is 5.97. The van der Waals surface area contributed by atoms with E-state index in [1.54, 1.807) is 12.1 Å². The van der Waals surface area contributed by atoms with Gasteiger partial charge in [0.15, 0.2) is 5.69 Å². The molecular weight excluding hydrogens is 311 g/mol. The molecule has 2 aromatic rings. The number of halogens is 4. The minimum Gasteiger partial charge on any atom is -0.354 e. The molecule has 0 aliphatic carbocycles. The molecule has 0 bridgehead atoms. The molecule has 0 saturated heterocycles. The Kier molecular flexibility index (Phi) is 4.49. The van der Waals surface area contributed by atoms with Gasteiger partial charge in [-0.25, -0.2) is 9.97 Å². The van der Waals surface area contributed by atoms with Crippen molar-refractivity contribution in [3.05, 3.63) is 28.2 Å². The number of hydrogen-bond acceptors (Lipinski definition) is 4. The van der Waals surface area contributed by atoms with Crippen molar-refractivity contribution in [3.63, 3.8) is 0 Å². The van der Waals surface area contributed by atoms with Crippen LogP contribution in [0.5, 0.6) is 0 Å². The predicted molar refractivity (Wildman–Crippen MR) is 74.1 cm³/mol. The SMILES string of the molecule is CCCNc1nc(-c2ccc(Cl)s2)cc(C(F)(F)F)n1. The summed E-state index contributed by atoms with van der Waals surface area (Å²) in [5.74, 6) is -0.0267. The van der Waals surface area contributed by atoms with Crippen molar-refractivity contribution < 1.29 is 13.2 Å². The first kappa shape index (κ1) is 15.1. The topological polar surface area (TPSA) is 37.8 Å². The maximum absolute atomic E-state index is 12.9. The normalized spacial score (nSPS) is 11.7. The van der Waals surface area contributed by atoms with Gasteiger partial charge in [0.1, 0.15) is 0 Å². The van der Waals surface area contributed by atoms with Gasteiger partial charge in [0.05, 0.1) is 14.9 Å². The first-order valence-corrected chi connectivity index (χ1v) is 7.05. The van der Waals surface area contributed by atoms with Crippen LogP contribution in [0.3, 0.4) is 0 Å². The Morgan fingerprint density at radius 1 is 1.30 bits per heavy atom. The van der Waals surface area contributed by atoms with Crippen LogP contribution in [0, 0.1) is 0 Å². The Morgan fingerprint density at radius 2 is 2.05 bits per heavy atom. The Morgan fingerprint density at radius 3 is 2.60 bits per heavy atom. The molecular formula is C12H11ClF3N3S. The van der Waals surface area contributed by atoms with Crippen LogP contribution in [0.1, 0.15) is 19.0 Å². The highest BCUT2D eigenvalue weighted by Gasteiger charge is 2.33. The number of nitrogens with zero attached hydrogens (tertiary/aromatic N) is 2. The summed E-state index contributed by atoms with van der Waals surface area (Å²) in [6, 6.07) is 4.19. The Hall–Kier alpha value is -1.34. The van der Waals surface area contributed by atoms with E-state index < -0.39 is 11.9 Å². The highest BCUT2D eigenvalue weighted by molar-refractivity contribution is 7.19. The minimum atomic E-state index is -4.51. The first-order chi connectivity index (χ1) is 9.40. The van der Waals surface area contributed by atoms with Crippen LogP contribution in [0.15, 0.2) is 18.2 Å². The van der Waals surface area contributed by atoms with E-state index in [4.69, 9.17) is 11.6 Å². The van der Waals surface area contributed by atoms with Crippen LogP contribution >= 0.6 is 22.9 Å². The molecule has 0 spiro atoms. The molecule has 2 heterocycles. The standard InChI is InChI=1S/C12H11ClF3N3S/c1-2-5-17-11-18-7(8-3-4-10(13)20-8)6-9(19-11)12(14,15)16/h3-4,6H,2,5H2,1H3,(H,17,18,19). The molecule has 0 aliphatic heterocycles. The van der Waals surface area contributed by atoms with Crippen LogP contribution in [0.4, 0.5) is 19.1 Å². The fraction of sp³-hybridized carbons (Fsp3) is 0.333. The van der Waals surface area contributed by atoms with Crippen LogP contribution < -0.4 is 5.32 Å². The smallest absolute Gasteiger partial charge is 0.354 e. The third-order valence-corrected chi connectivity index (χ3v) is 3.63. The van der Waals surface area contributed by atoms with Gasteiger partial charge in [-0.3, -0.25) is 0 Å². The van der Waals surface area contributed by atoms with E-state index in [9.17, 15) is 13.2 Å². The maximum Gasteiger partial charge on any atom is 0.433 e. The first-order valence-electron chi connectivity index (χ1n) is 5.86. The van der Waals surface area contributed by atoms with Crippen molar-refractivity contribution in [1.29, 1.82) is 0 Å². The fourth-order valence-electron chi connectivity index (χ4n) is 1.49. The predicted octanol–water partition coefficient (Wildman–Crippen LogP) is 4.70. The summed E-state index contributed by atoms with van der Waals surface area (Å²) in [6.45, 7) is 2.41. The monoisotopic (exact) mass is 321 g/mol. The molecule has 8 heteroatoms. The van der Waals surface area contributed by atoms with Crippen molar-refractivity contribution in [2.75, 3.05) is 11.9 Å². The highest BCUT2D eigenvalue weighted by atomic mass is 35.5. The lowest BCUT2D eigenvalue weighted by Crippen LogP contribution is -2.13. The van der Waals surface area contributed by atoms with E-state index in [0.717, 1.165) is 12.5 Å². The molecule has 2 aromatic heterocycles. The zero-order valence-corrected chi connectivity index (χ0v) is 12.0. The molecule has 1 N–H and O–H groups in total. The van der Waals surface area contributed by atoms with E-state index in [1.165, 1.54) is 11.3 Å². The molecule has 20 heavy (non-hydrogen) atoms. The Balaban J connectivity index is 2.45. The molecule has 0 saturated carbocycles. The van der Waals surface area contributed by atoms with Gasteiger partial charge in [-0.05, 0) is 24.6 Å². The number of anilines is 1. The van der Waals surface area contributed by atoms with E-state index in [0.29, 0.717) is 15.8 Å². The van der Waals surface area contributed by atoms with E-state index >= 15 is 0 Å². The Labute approximate surface area is 122 Å². The van der Waals surface area contributed by atoms with E-state index in [-0.39, 0.29) is 11.6 Å². The number of aromatic nitrogens is 2. The summed E-state index contributed by atoms with van der Waals surface area (Å²) < 4.78 is 39.0. The second-order valence-electron chi connectivity index (χ2n) is 3.99. The number of nitrogens with one attached hydrogen (secondary N) is 1. The minimum absolute atomic E-state index is 0.0267. The second-order valence-corrected chi connectivity index (χ2v) is 5.71. The number of alkyl halides is 3. The third-order valence-electron chi connectivity index (χ3n) is 2.38. The number of rotatable bonds is 4. The highest BCUT2D eigenvalue weighted by Crippen LogP contribution is 2.34. The maximum atomic E-state index is 12.9. The van der Waals surface area contributed by atoms with Crippen LogP contribution in [0.2, 0.25) is 4.34 Å². The van der Waals surface area contributed by atoms with E-state index in [1.807, 2.05) is 6.92 Å². The van der Waals surface area contributed by atoms with Gasteiger partial charge in [-0.1, -0.05) is 18.5 Å². The largest absolute Gasteiger partial charge is 0.433 e. The number of thiophene rings is 1. The van der Waals surface area contributed by atoms with Gasteiger partial charge < -0.3 is 5.32 Å². The molecule has 0 unspecified atom stereocenters. The lowest BCUT2D eigenvalue weighted by atomic mass is 10.3. The van der Waals surface area contributed by atoms with Crippen molar-refractivity contribution in [3.8, 4) is 10.6 Å². The van der Waals surface area contributed by atoms with Gasteiger partial charge in [-0.2, -0.15) is 13.2 Å². The fourth-order valence-corrected chi connectivity index (χ4v) is 2.49. The average molecular weight is 322 g/mol. The van der Waals surface area contributed by atoms with Gasteiger partial charge in [0.2, 0.25) is 5.95 Å².